The molecule has 2 atom stereocenters. The minimum Gasteiger partial charge on any atom is -0.363 e. The summed E-state index contributed by atoms with van der Waals surface area (Å²) in [6.45, 7) is 4.04. The average Bonchev–Trinajstić information content (AvgIpc) is 2.25. The first kappa shape index (κ1) is 10.9. The molecule has 1 heterocycles. The van der Waals surface area contributed by atoms with Crippen LogP contribution in [-0.2, 0) is 11.2 Å². The number of benzene rings is 1. The third-order valence-electron chi connectivity index (χ3n) is 2.64. The Morgan fingerprint density at radius 1 is 1.47 bits per heavy atom. The second-order valence-corrected chi connectivity index (χ2v) is 4.54. The molecule has 1 aromatic rings. The topological polar surface area (TPSA) is 21.3 Å². The lowest BCUT2D eigenvalue weighted by atomic mass is 10.1. The summed E-state index contributed by atoms with van der Waals surface area (Å²) in [5.41, 5.74) is 1.14. The number of nitrogens with one attached hydrogen (secondary N) is 1. The van der Waals surface area contributed by atoms with Gasteiger partial charge in [-0.2, -0.15) is 0 Å². The monoisotopic (exact) mass is 225 g/mol. The van der Waals surface area contributed by atoms with Crippen molar-refractivity contribution in [2.24, 2.45) is 5.92 Å². The third kappa shape index (κ3) is 2.94. The van der Waals surface area contributed by atoms with Gasteiger partial charge in [-0.3, -0.25) is 5.32 Å². The van der Waals surface area contributed by atoms with E-state index in [1.54, 1.807) is 0 Å². The standard InChI is InChI=1S/C12H16ClNO/c1-9-7-14-12(15-8-9)6-10-4-2-3-5-11(10)13/h2-5,9,12,14H,6-8H2,1H3. The van der Waals surface area contributed by atoms with Crippen molar-refractivity contribution in [1.29, 1.82) is 0 Å². The van der Waals surface area contributed by atoms with Gasteiger partial charge in [-0.05, 0) is 17.5 Å². The predicted molar refractivity (Wildman–Crippen MR) is 62.1 cm³/mol. The van der Waals surface area contributed by atoms with Gasteiger partial charge < -0.3 is 4.74 Å². The van der Waals surface area contributed by atoms with Gasteiger partial charge in [0.15, 0.2) is 0 Å². The maximum atomic E-state index is 6.09. The summed E-state index contributed by atoms with van der Waals surface area (Å²) in [6.07, 6.45) is 0.952. The van der Waals surface area contributed by atoms with Gasteiger partial charge in [-0.15, -0.1) is 0 Å². The molecule has 0 spiro atoms. The van der Waals surface area contributed by atoms with Crippen molar-refractivity contribution in [3.63, 3.8) is 0 Å². The highest BCUT2D eigenvalue weighted by Gasteiger charge is 2.18. The molecular weight excluding hydrogens is 210 g/mol. The quantitative estimate of drug-likeness (QED) is 0.835. The Balaban J connectivity index is 1.95. The van der Waals surface area contributed by atoms with Crippen LogP contribution >= 0.6 is 11.6 Å². The first-order valence-corrected chi connectivity index (χ1v) is 5.72. The van der Waals surface area contributed by atoms with Crippen molar-refractivity contribution in [3.8, 4) is 0 Å². The van der Waals surface area contributed by atoms with Gasteiger partial charge in [0.1, 0.15) is 6.23 Å². The van der Waals surface area contributed by atoms with Crippen LogP contribution in [0, 0.1) is 5.92 Å². The number of ether oxygens (including phenoxy) is 1. The summed E-state index contributed by atoms with van der Waals surface area (Å²) in [5.74, 6) is 0.604. The van der Waals surface area contributed by atoms with E-state index in [2.05, 4.69) is 12.2 Å². The minimum absolute atomic E-state index is 0.112. The van der Waals surface area contributed by atoms with E-state index in [4.69, 9.17) is 16.3 Å². The van der Waals surface area contributed by atoms with Crippen LogP contribution in [0.3, 0.4) is 0 Å². The number of hydrogen-bond donors (Lipinski definition) is 1. The first-order valence-electron chi connectivity index (χ1n) is 5.34. The van der Waals surface area contributed by atoms with E-state index in [-0.39, 0.29) is 6.23 Å². The van der Waals surface area contributed by atoms with Crippen molar-refractivity contribution in [1.82, 2.24) is 5.32 Å². The van der Waals surface area contributed by atoms with E-state index >= 15 is 0 Å². The van der Waals surface area contributed by atoms with Crippen LogP contribution in [0.2, 0.25) is 5.02 Å². The molecule has 82 valence electrons. The fourth-order valence-electron chi connectivity index (χ4n) is 1.73. The summed E-state index contributed by atoms with van der Waals surface area (Å²) < 4.78 is 5.68. The highest BCUT2D eigenvalue weighted by molar-refractivity contribution is 6.31. The highest BCUT2D eigenvalue weighted by Crippen LogP contribution is 2.18. The molecule has 1 saturated heterocycles. The summed E-state index contributed by atoms with van der Waals surface area (Å²) >= 11 is 6.09. The van der Waals surface area contributed by atoms with Gasteiger partial charge in [-0.25, -0.2) is 0 Å². The lowest BCUT2D eigenvalue weighted by Crippen LogP contribution is -2.43. The molecule has 1 aliphatic rings. The number of halogens is 1. The highest BCUT2D eigenvalue weighted by atomic mass is 35.5. The molecule has 0 radical (unpaired) electrons. The van der Waals surface area contributed by atoms with Crippen molar-refractivity contribution in [2.75, 3.05) is 13.2 Å². The molecule has 3 heteroatoms. The molecule has 0 bridgehead atoms. The van der Waals surface area contributed by atoms with Crippen LogP contribution in [0.1, 0.15) is 12.5 Å². The van der Waals surface area contributed by atoms with Gasteiger partial charge in [0.05, 0.1) is 6.61 Å². The fourth-order valence-corrected chi connectivity index (χ4v) is 1.94. The molecule has 1 N–H and O–H groups in total. The van der Waals surface area contributed by atoms with E-state index in [0.29, 0.717) is 5.92 Å². The normalized spacial score (nSPS) is 26.5. The molecule has 0 saturated carbocycles. The van der Waals surface area contributed by atoms with Gasteiger partial charge in [0.25, 0.3) is 0 Å². The molecule has 15 heavy (non-hydrogen) atoms. The Kier molecular flexibility index (Phi) is 3.62. The largest absolute Gasteiger partial charge is 0.363 e. The van der Waals surface area contributed by atoms with Crippen LogP contribution in [0.15, 0.2) is 24.3 Å². The zero-order chi connectivity index (χ0) is 10.7. The fraction of sp³-hybridized carbons (Fsp3) is 0.500. The molecule has 1 fully saturated rings. The number of rotatable bonds is 2. The Morgan fingerprint density at radius 2 is 2.27 bits per heavy atom. The summed E-state index contributed by atoms with van der Waals surface area (Å²) in [7, 11) is 0. The van der Waals surface area contributed by atoms with Gasteiger partial charge in [-0.1, -0.05) is 36.7 Å². The Bertz CT molecular complexity index is 321. The van der Waals surface area contributed by atoms with Gasteiger partial charge in [0.2, 0.25) is 0 Å². The molecule has 1 aliphatic heterocycles. The molecular formula is C12H16ClNO. The van der Waals surface area contributed by atoms with Crippen molar-refractivity contribution < 1.29 is 4.74 Å². The first-order chi connectivity index (χ1) is 7.25. The summed E-state index contributed by atoms with van der Waals surface area (Å²) in [5, 5.41) is 4.18. The maximum absolute atomic E-state index is 6.09. The second kappa shape index (κ2) is 4.97. The molecule has 0 aromatic heterocycles. The summed E-state index contributed by atoms with van der Waals surface area (Å²) in [4.78, 5) is 0. The SMILES string of the molecule is CC1CNC(Cc2ccccc2Cl)OC1. The van der Waals surface area contributed by atoms with Crippen LogP contribution in [0.4, 0.5) is 0 Å². The maximum Gasteiger partial charge on any atom is 0.112 e. The predicted octanol–water partition coefficient (Wildman–Crippen LogP) is 2.46. The summed E-state index contributed by atoms with van der Waals surface area (Å²) in [6, 6.07) is 7.92. The molecule has 2 rings (SSSR count). The smallest absolute Gasteiger partial charge is 0.112 e. The zero-order valence-electron chi connectivity index (χ0n) is 8.87. The van der Waals surface area contributed by atoms with E-state index in [9.17, 15) is 0 Å². The molecule has 2 unspecified atom stereocenters. The van der Waals surface area contributed by atoms with Crippen LogP contribution < -0.4 is 5.32 Å². The molecule has 1 aromatic carbocycles. The van der Waals surface area contributed by atoms with Crippen molar-refractivity contribution in [3.05, 3.63) is 34.9 Å². The van der Waals surface area contributed by atoms with E-state index < -0.39 is 0 Å². The van der Waals surface area contributed by atoms with Crippen molar-refractivity contribution in [2.45, 2.75) is 19.6 Å². The van der Waals surface area contributed by atoms with Crippen LogP contribution in [0.5, 0.6) is 0 Å². The zero-order valence-corrected chi connectivity index (χ0v) is 9.63. The Morgan fingerprint density at radius 3 is 2.93 bits per heavy atom. The lowest BCUT2D eigenvalue weighted by molar-refractivity contribution is -0.0228. The second-order valence-electron chi connectivity index (χ2n) is 4.13. The minimum atomic E-state index is 0.112. The molecule has 0 aliphatic carbocycles. The van der Waals surface area contributed by atoms with Gasteiger partial charge in [0, 0.05) is 18.0 Å². The molecule has 2 nitrogen and oxygen atoms in total. The Hall–Kier alpha value is -0.570. The van der Waals surface area contributed by atoms with Crippen LogP contribution in [0.25, 0.3) is 0 Å². The number of hydrogen-bond acceptors (Lipinski definition) is 2. The van der Waals surface area contributed by atoms with Gasteiger partial charge >= 0.3 is 0 Å². The van der Waals surface area contributed by atoms with E-state index in [1.165, 1.54) is 0 Å². The van der Waals surface area contributed by atoms with E-state index in [0.717, 1.165) is 30.2 Å². The van der Waals surface area contributed by atoms with Crippen LogP contribution in [-0.4, -0.2) is 19.4 Å². The lowest BCUT2D eigenvalue weighted by Gasteiger charge is -2.28. The third-order valence-corrected chi connectivity index (χ3v) is 3.01. The molecule has 0 amide bonds. The average molecular weight is 226 g/mol. The Labute approximate surface area is 95.6 Å². The van der Waals surface area contributed by atoms with Crippen molar-refractivity contribution >= 4 is 11.6 Å². The van der Waals surface area contributed by atoms with E-state index in [1.807, 2.05) is 24.3 Å².